The molecule has 2 aromatic carbocycles. The predicted molar refractivity (Wildman–Crippen MR) is 135 cm³/mol. The van der Waals surface area contributed by atoms with Gasteiger partial charge in [-0.1, -0.05) is 61.9 Å². The molecule has 0 saturated heterocycles. The van der Waals surface area contributed by atoms with Crippen LogP contribution in [0.3, 0.4) is 0 Å². The fourth-order valence-corrected chi connectivity index (χ4v) is 4.87. The largest absolute Gasteiger partial charge is 0.338 e. The maximum Gasteiger partial charge on any atom is 0.318 e. The Kier molecular flexibility index (Phi) is 5.97. The van der Waals surface area contributed by atoms with Crippen LogP contribution in [0, 0.1) is 6.92 Å². The summed E-state index contributed by atoms with van der Waals surface area (Å²) in [7, 11) is 0. The lowest BCUT2D eigenvalue weighted by atomic mass is 10.00. The zero-order valence-corrected chi connectivity index (χ0v) is 20.0. The Labute approximate surface area is 200 Å². The lowest BCUT2D eigenvalue weighted by molar-refractivity contribution is 0.180. The number of aromatic nitrogens is 3. The second kappa shape index (κ2) is 9.21. The molecule has 2 aromatic heterocycles. The Morgan fingerprint density at radius 2 is 1.88 bits per heavy atom. The molecular formula is C28H31N5O. The summed E-state index contributed by atoms with van der Waals surface area (Å²) in [4.78, 5) is 15.5. The van der Waals surface area contributed by atoms with Crippen LogP contribution < -0.4 is 5.32 Å². The second-order valence-electron chi connectivity index (χ2n) is 8.83. The van der Waals surface area contributed by atoms with E-state index in [-0.39, 0.29) is 12.1 Å². The molecule has 0 saturated carbocycles. The van der Waals surface area contributed by atoms with Crippen molar-refractivity contribution in [1.82, 2.24) is 24.6 Å². The van der Waals surface area contributed by atoms with Gasteiger partial charge in [0.15, 0.2) is 0 Å². The van der Waals surface area contributed by atoms with Gasteiger partial charge in [0.05, 0.1) is 29.7 Å². The van der Waals surface area contributed by atoms with Gasteiger partial charge in [-0.05, 0) is 49.6 Å². The third-order valence-electron chi connectivity index (χ3n) is 6.45. The summed E-state index contributed by atoms with van der Waals surface area (Å²) in [6.45, 7) is 7.43. The molecule has 1 aliphatic rings. The summed E-state index contributed by atoms with van der Waals surface area (Å²) in [5, 5.41) is 8.13. The van der Waals surface area contributed by atoms with Gasteiger partial charge >= 0.3 is 6.03 Å². The number of nitrogens with one attached hydrogen (secondary N) is 1. The highest BCUT2D eigenvalue weighted by Crippen LogP contribution is 2.38. The van der Waals surface area contributed by atoms with E-state index in [0.717, 1.165) is 46.9 Å². The zero-order valence-electron chi connectivity index (χ0n) is 20.0. The van der Waals surface area contributed by atoms with E-state index in [2.05, 4.69) is 85.4 Å². The number of aryl methyl sites for hydroxylation is 2. The average molecular weight is 454 g/mol. The minimum Gasteiger partial charge on any atom is -0.338 e. The van der Waals surface area contributed by atoms with Crippen LogP contribution in [0.5, 0.6) is 0 Å². The van der Waals surface area contributed by atoms with E-state index in [4.69, 9.17) is 5.10 Å². The fourth-order valence-electron chi connectivity index (χ4n) is 4.87. The summed E-state index contributed by atoms with van der Waals surface area (Å²) in [5.74, 6) is 1.01. The SMILES string of the molecule is CCCNC(=O)N1Cc2c(CC)nn(-c3ccccc3)c2-n2cccc2C1c1cccc(C)c1. The fraction of sp³-hybridized carbons (Fsp3) is 0.286. The smallest absolute Gasteiger partial charge is 0.318 e. The van der Waals surface area contributed by atoms with Crippen LogP contribution in [0.4, 0.5) is 4.79 Å². The number of urea groups is 1. The summed E-state index contributed by atoms with van der Waals surface area (Å²) in [5.41, 5.74) is 6.44. The Bertz CT molecular complexity index is 1300. The van der Waals surface area contributed by atoms with Gasteiger partial charge in [0.2, 0.25) is 0 Å². The third kappa shape index (κ3) is 3.79. The van der Waals surface area contributed by atoms with E-state index in [1.165, 1.54) is 5.56 Å². The van der Waals surface area contributed by atoms with Gasteiger partial charge in [-0.25, -0.2) is 9.48 Å². The van der Waals surface area contributed by atoms with Crippen molar-refractivity contribution in [3.63, 3.8) is 0 Å². The molecule has 5 rings (SSSR count). The van der Waals surface area contributed by atoms with Gasteiger partial charge in [0, 0.05) is 18.3 Å². The monoisotopic (exact) mass is 453 g/mol. The highest BCUT2D eigenvalue weighted by molar-refractivity contribution is 5.76. The topological polar surface area (TPSA) is 55.1 Å². The number of rotatable bonds is 5. The second-order valence-corrected chi connectivity index (χ2v) is 8.83. The number of para-hydroxylation sites is 1. The van der Waals surface area contributed by atoms with Crippen molar-refractivity contribution in [3.8, 4) is 11.5 Å². The van der Waals surface area contributed by atoms with E-state index in [1.807, 2.05) is 27.8 Å². The first kappa shape index (κ1) is 22.0. The molecule has 1 atom stereocenters. The summed E-state index contributed by atoms with van der Waals surface area (Å²) in [6.07, 6.45) is 3.77. The molecule has 0 aliphatic carbocycles. The molecular weight excluding hydrogens is 422 g/mol. The number of nitrogens with zero attached hydrogens (tertiary/aromatic N) is 4. The summed E-state index contributed by atoms with van der Waals surface area (Å²) < 4.78 is 4.24. The molecule has 34 heavy (non-hydrogen) atoms. The number of hydrogen-bond acceptors (Lipinski definition) is 2. The van der Waals surface area contributed by atoms with E-state index in [1.54, 1.807) is 0 Å². The first-order valence-corrected chi connectivity index (χ1v) is 12.1. The first-order chi connectivity index (χ1) is 16.6. The van der Waals surface area contributed by atoms with Gasteiger partial charge in [-0.3, -0.25) is 0 Å². The first-order valence-electron chi connectivity index (χ1n) is 12.1. The third-order valence-corrected chi connectivity index (χ3v) is 6.45. The number of benzene rings is 2. The molecule has 2 amide bonds. The minimum absolute atomic E-state index is 0.0523. The molecule has 6 heteroatoms. The Morgan fingerprint density at radius 1 is 1.06 bits per heavy atom. The lowest BCUT2D eigenvalue weighted by Gasteiger charge is -2.31. The molecule has 0 fully saturated rings. The highest BCUT2D eigenvalue weighted by atomic mass is 16.2. The molecule has 0 bridgehead atoms. The average Bonchev–Trinajstić information content (AvgIpc) is 3.44. The van der Waals surface area contributed by atoms with Crippen LogP contribution in [0.15, 0.2) is 72.9 Å². The van der Waals surface area contributed by atoms with Crippen LogP contribution in [-0.4, -0.2) is 31.8 Å². The molecule has 3 heterocycles. The van der Waals surface area contributed by atoms with Crippen LogP contribution in [0.1, 0.15) is 54.4 Å². The molecule has 0 radical (unpaired) electrons. The van der Waals surface area contributed by atoms with Crippen molar-refractivity contribution >= 4 is 6.03 Å². The molecule has 174 valence electrons. The van der Waals surface area contributed by atoms with Gasteiger partial charge in [0.25, 0.3) is 0 Å². The summed E-state index contributed by atoms with van der Waals surface area (Å²) in [6, 6.07) is 22.6. The van der Waals surface area contributed by atoms with Gasteiger partial charge < -0.3 is 14.8 Å². The van der Waals surface area contributed by atoms with Crippen molar-refractivity contribution in [1.29, 1.82) is 0 Å². The summed E-state index contributed by atoms with van der Waals surface area (Å²) >= 11 is 0. The van der Waals surface area contributed by atoms with E-state index in [0.29, 0.717) is 13.1 Å². The van der Waals surface area contributed by atoms with Crippen molar-refractivity contribution < 1.29 is 4.79 Å². The maximum atomic E-state index is 13.6. The van der Waals surface area contributed by atoms with Gasteiger partial charge in [0.1, 0.15) is 5.82 Å². The van der Waals surface area contributed by atoms with E-state index >= 15 is 0 Å². The van der Waals surface area contributed by atoms with Crippen LogP contribution in [-0.2, 0) is 13.0 Å². The van der Waals surface area contributed by atoms with Gasteiger partial charge in [-0.15, -0.1) is 0 Å². The Morgan fingerprint density at radius 3 is 2.62 bits per heavy atom. The zero-order chi connectivity index (χ0) is 23.7. The number of fused-ring (bicyclic) bond motifs is 3. The minimum atomic E-state index is -0.215. The molecule has 0 spiro atoms. The van der Waals surface area contributed by atoms with E-state index in [9.17, 15) is 4.79 Å². The molecule has 1 N–H and O–H groups in total. The number of carbonyl (C=O) groups excluding carboxylic acids is 1. The van der Waals surface area contributed by atoms with Crippen molar-refractivity contribution in [2.24, 2.45) is 0 Å². The molecule has 4 aromatic rings. The van der Waals surface area contributed by atoms with Gasteiger partial charge in [-0.2, -0.15) is 5.10 Å². The molecule has 1 unspecified atom stereocenters. The quantitative estimate of drug-likeness (QED) is 0.430. The predicted octanol–water partition coefficient (Wildman–Crippen LogP) is 5.56. The number of amides is 2. The van der Waals surface area contributed by atoms with E-state index < -0.39 is 0 Å². The van der Waals surface area contributed by atoms with Crippen LogP contribution >= 0.6 is 0 Å². The molecule has 1 aliphatic heterocycles. The van der Waals surface area contributed by atoms with Crippen molar-refractivity contribution in [2.45, 2.75) is 46.2 Å². The van der Waals surface area contributed by atoms with Crippen molar-refractivity contribution in [3.05, 3.63) is 101 Å². The number of carbonyl (C=O) groups is 1. The van der Waals surface area contributed by atoms with Crippen molar-refractivity contribution in [2.75, 3.05) is 6.54 Å². The Hall–Kier alpha value is -3.80. The van der Waals surface area contributed by atoms with Crippen LogP contribution in [0.2, 0.25) is 0 Å². The maximum absolute atomic E-state index is 13.6. The highest BCUT2D eigenvalue weighted by Gasteiger charge is 2.36. The molecule has 6 nitrogen and oxygen atoms in total. The number of hydrogen-bond donors (Lipinski definition) is 1. The lowest BCUT2D eigenvalue weighted by Crippen LogP contribution is -2.42. The normalized spacial score (nSPS) is 14.9. The standard InChI is InChI=1S/C28H31N5O/c1-4-16-29-28(34)32-19-23-24(5-2)30-33(22-13-7-6-8-14-22)27(23)31-17-10-15-25(31)26(32)21-12-9-11-20(3)18-21/h6-15,17-18,26H,4-5,16,19H2,1-3H3,(H,29,34). The van der Waals surface area contributed by atoms with Crippen LogP contribution in [0.25, 0.3) is 11.5 Å². The Balaban J connectivity index is 1.75.